The highest BCUT2D eigenvalue weighted by Gasteiger charge is 2.06. The Morgan fingerprint density at radius 1 is 1.18 bits per heavy atom. The Labute approximate surface area is 133 Å². The van der Waals surface area contributed by atoms with E-state index >= 15 is 0 Å². The third-order valence-corrected chi connectivity index (χ3v) is 3.33. The summed E-state index contributed by atoms with van der Waals surface area (Å²) in [5.41, 5.74) is 2.98. The van der Waals surface area contributed by atoms with Gasteiger partial charge in [-0.15, -0.1) is 0 Å². The minimum absolute atomic E-state index is 0.482. The van der Waals surface area contributed by atoms with Gasteiger partial charge in [-0.05, 0) is 31.5 Å². The molecule has 0 saturated carbocycles. The van der Waals surface area contributed by atoms with E-state index in [1.54, 1.807) is 29.3 Å². The van der Waals surface area contributed by atoms with E-state index in [2.05, 4.69) is 25.4 Å². The fraction of sp³-hybridized carbons (Fsp3) is 0.200. The van der Waals surface area contributed by atoms with Crippen LogP contribution in [0.4, 0.5) is 5.82 Å². The molecule has 0 radical (unpaired) electrons. The Morgan fingerprint density at radius 3 is 2.73 bits per heavy atom. The van der Waals surface area contributed by atoms with Gasteiger partial charge in [-0.2, -0.15) is 5.10 Å². The first kappa shape index (κ1) is 14.5. The van der Waals surface area contributed by atoms with Crippen molar-refractivity contribution in [2.24, 2.45) is 0 Å². The van der Waals surface area contributed by atoms with E-state index in [0.29, 0.717) is 23.3 Å². The lowest BCUT2D eigenvalue weighted by Crippen LogP contribution is -2.07. The normalized spacial score (nSPS) is 10.7. The van der Waals surface area contributed by atoms with Crippen molar-refractivity contribution in [2.45, 2.75) is 20.4 Å². The quantitative estimate of drug-likeness (QED) is 0.750. The number of hydrogen-bond acceptors (Lipinski definition) is 5. The average molecular weight is 315 g/mol. The van der Waals surface area contributed by atoms with E-state index < -0.39 is 0 Å². The van der Waals surface area contributed by atoms with Crippen LogP contribution in [0.1, 0.15) is 17.0 Å². The van der Waals surface area contributed by atoms with E-state index in [-0.39, 0.29) is 0 Å². The molecule has 0 atom stereocenters. The molecule has 0 unspecified atom stereocenters. The number of rotatable bonds is 4. The van der Waals surface area contributed by atoms with E-state index in [0.717, 1.165) is 17.0 Å². The number of pyridine rings is 1. The predicted molar refractivity (Wildman–Crippen MR) is 85.2 cm³/mol. The summed E-state index contributed by atoms with van der Waals surface area (Å²) in [7, 11) is 0. The molecule has 1 N–H and O–H groups in total. The van der Waals surface area contributed by atoms with E-state index in [4.69, 9.17) is 11.6 Å². The van der Waals surface area contributed by atoms with Gasteiger partial charge in [-0.1, -0.05) is 17.7 Å². The second-order valence-electron chi connectivity index (χ2n) is 4.94. The maximum absolute atomic E-state index is 5.77. The zero-order valence-corrected chi connectivity index (χ0v) is 13.0. The summed E-state index contributed by atoms with van der Waals surface area (Å²) < 4.78 is 1.78. The molecule has 0 spiro atoms. The van der Waals surface area contributed by atoms with Gasteiger partial charge < -0.3 is 5.32 Å². The molecule has 6 nitrogen and oxygen atoms in total. The molecule has 3 heterocycles. The summed E-state index contributed by atoms with van der Waals surface area (Å²) in [5, 5.41) is 8.11. The van der Waals surface area contributed by atoms with E-state index in [9.17, 15) is 0 Å². The summed E-state index contributed by atoms with van der Waals surface area (Å²) in [6.45, 7) is 4.53. The fourth-order valence-corrected chi connectivity index (χ4v) is 2.22. The van der Waals surface area contributed by atoms with Crippen molar-refractivity contribution in [2.75, 3.05) is 5.32 Å². The second-order valence-corrected chi connectivity index (χ2v) is 5.33. The third kappa shape index (κ3) is 3.23. The van der Waals surface area contributed by atoms with Gasteiger partial charge in [0.2, 0.25) is 0 Å². The van der Waals surface area contributed by atoms with Gasteiger partial charge in [0.15, 0.2) is 5.82 Å². The van der Waals surface area contributed by atoms with Crippen LogP contribution in [0.25, 0.3) is 5.82 Å². The maximum atomic E-state index is 5.77. The van der Waals surface area contributed by atoms with Crippen LogP contribution >= 0.6 is 11.6 Å². The fourth-order valence-electron chi connectivity index (χ4n) is 2.11. The summed E-state index contributed by atoms with van der Waals surface area (Å²) in [5.74, 6) is 1.37. The molecule has 7 heteroatoms. The lowest BCUT2D eigenvalue weighted by Gasteiger charge is -2.08. The first-order valence-electron chi connectivity index (χ1n) is 6.82. The van der Waals surface area contributed by atoms with Crippen LogP contribution in [0.3, 0.4) is 0 Å². The smallest absolute Gasteiger partial charge is 0.174 e. The van der Waals surface area contributed by atoms with Crippen molar-refractivity contribution in [3.63, 3.8) is 0 Å². The highest BCUT2D eigenvalue weighted by atomic mass is 35.5. The van der Waals surface area contributed by atoms with Crippen molar-refractivity contribution in [3.05, 3.63) is 58.9 Å². The Hall–Kier alpha value is -2.47. The van der Waals surface area contributed by atoms with Gasteiger partial charge in [-0.25, -0.2) is 14.6 Å². The third-order valence-electron chi connectivity index (χ3n) is 3.11. The van der Waals surface area contributed by atoms with Gasteiger partial charge in [0, 0.05) is 18.4 Å². The van der Waals surface area contributed by atoms with Crippen molar-refractivity contribution in [3.8, 4) is 5.82 Å². The molecule has 0 fully saturated rings. The lowest BCUT2D eigenvalue weighted by molar-refractivity contribution is 0.799. The van der Waals surface area contributed by atoms with Crippen LogP contribution in [-0.4, -0.2) is 24.7 Å². The number of halogens is 1. The first-order valence-corrected chi connectivity index (χ1v) is 7.19. The number of aryl methyl sites for hydroxylation is 2. The van der Waals surface area contributed by atoms with Crippen molar-refractivity contribution in [1.29, 1.82) is 0 Å². The van der Waals surface area contributed by atoms with Crippen molar-refractivity contribution < 1.29 is 0 Å². The first-order chi connectivity index (χ1) is 10.6. The molecule has 112 valence electrons. The van der Waals surface area contributed by atoms with Gasteiger partial charge in [-0.3, -0.25) is 4.98 Å². The molecular weight excluding hydrogens is 300 g/mol. The monoisotopic (exact) mass is 314 g/mol. The SMILES string of the molecule is Cc1cc(C)n(-c2cncc(NCc3ccc(Cl)nc3)n2)n1. The largest absolute Gasteiger partial charge is 0.365 e. The van der Waals surface area contributed by atoms with Crippen LogP contribution in [0.15, 0.2) is 36.8 Å². The zero-order valence-electron chi connectivity index (χ0n) is 12.3. The number of hydrogen-bond donors (Lipinski definition) is 1. The molecule has 0 amide bonds. The molecule has 0 aliphatic heterocycles. The van der Waals surface area contributed by atoms with Crippen LogP contribution < -0.4 is 5.32 Å². The predicted octanol–water partition coefficient (Wildman–Crippen LogP) is 2.94. The molecule has 0 bridgehead atoms. The van der Waals surface area contributed by atoms with E-state index in [1.165, 1.54) is 0 Å². The Balaban J connectivity index is 1.76. The van der Waals surface area contributed by atoms with Gasteiger partial charge in [0.25, 0.3) is 0 Å². The standard InChI is InChI=1S/C15H15ClN6/c1-10-5-11(2)22(21-10)15-9-17-8-14(20-15)19-7-12-3-4-13(16)18-6-12/h3-6,8-9H,7H2,1-2H3,(H,19,20). The minimum Gasteiger partial charge on any atom is -0.365 e. The van der Waals surface area contributed by atoms with Crippen LogP contribution in [0.5, 0.6) is 0 Å². The van der Waals surface area contributed by atoms with Crippen molar-refractivity contribution in [1.82, 2.24) is 24.7 Å². The molecule has 3 aromatic heterocycles. The number of nitrogens with one attached hydrogen (secondary N) is 1. The Kier molecular flexibility index (Phi) is 4.02. The molecule has 0 aliphatic carbocycles. The minimum atomic E-state index is 0.482. The van der Waals surface area contributed by atoms with Gasteiger partial charge in [0.1, 0.15) is 11.0 Å². The lowest BCUT2D eigenvalue weighted by atomic mass is 10.3. The topological polar surface area (TPSA) is 68.5 Å². The number of aromatic nitrogens is 5. The molecular formula is C15H15ClN6. The van der Waals surface area contributed by atoms with Gasteiger partial charge in [0.05, 0.1) is 18.1 Å². The van der Waals surface area contributed by atoms with Gasteiger partial charge >= 0.3 is 0 Å². The maximum Gasteiger partial charge on any atom is 0.174 e. The summed E-state index contributed by atoms with van der Waals surface area (Å²) in [4.78, 5) is 12.8. The molecule has 0 aromatic carbocycles. The summed E-state index contributed by atoms with van der Waals surface area (Å²) in [6.07, 6.45) is 5.10. The molecule has 22 heavy (non-hydrogen) atoms. The van der Waals surface area contributed by atoms with Crippen LogP contribution in [0.2, 0.25) is 5.15 Å². The van der Waals surface area contributed by atoms with Crippen molar-refractivity contribution >= 4 is 17.4 Å². The highest BCUT2D eigenvalue weighted by molar-refractivity contribution is 6.29. The Morgan fingerprint density at radius 2 is 2.05 bits per heavy atom. The second kappa shape index (κ2) is 6.11. The summed E-state index contributed by atoms with van der Waals surface area (Å²) >= 11 is 5.77. The molecule has 0 aliphatic rings. The van der Waals surface area contributed by atoms with E-state index in [1.807, 2.05) is 26.0 Å². The molecule has 3 aromatic rings. The average Bonchev–Trinajstić information content (AvgIpc) is 2.86. The number of anilines is 1. The number of nitrogens with zero attached hydrogens (tertiary/aromatic N) is 5. The summed E-state index contributed by atoms with van der Waals surface area (Å²) in [6, 6.07) is 5.68. The molecule has 3 rings (SSSR count). The zero-order chi connectivity index (χ0) is 15.5. The molecule has 0 saturated heterocycles. The Bertz CT molecular complexity index is 781. The highest BCUT2D eigenvalue weighted by Crippen LogP contribution is 2.12. The van der Waals surface area contributed by atoms with Crippen LogP contribution in [-0.2, 0) is 6.54 Å². The van der Waals surface area contributed by atoms with Crippen LogP contribution in [0, 0.1) is 13.8 Å².